The first-order valence-electron chi connectivity index (χ1n) is 10.7. The van der Waals surface area contributed by atoms with Gasteiger partial charge in [-0.15, -0.1) is 11.8 Å². The van der Waals surface area contributed by atoms with Crippen molar-refractivity contribution >= 4 is 41.0 Å². The molecule has 2 aromatic carbocycles. The first-order chi connectivity index (χ1) is 15.6. The molecule has 0 saturated carbocycles. The van der Waals surface area contributed by atoms with Gasteiger partial charge in [0.2, 0.25) is 0 Å². The molecular formula is C23H25ClN3O4S+. The molecule has 3 aliphatic rings. The van der Waals surface area contributed by atoms with Crippen molar-refractivity contribution in [2.45, 2.75) is 18.0 Å². The molecule has 2 atom stereocenters. The number of hydrogen-bond donors (Lipinski definition) is 1. The average Bonchev–Trinajstić information content (AvgIpc) is 3.35. The van der Waals surface area contributed by atoms with Gasteiger partial charge >= 0.3 is 6.03 Å². The number of urea groups is 1. The second-order valence-corrected chi connectivity index (χ2v) is 9.70. The van der Waals surface area contributed by atoms with Gasteiger partial charge in [-0.25, -0.2) is 9.69 Å². The van der Waals surface area contributed by atoms with Gasteiger partial charge in [-0.05, 0) is 42.0 Å². The van der Waals surface area contributed by atoms with E-state index in [-0.39, 0.29) is 17.3 Å². The first kappa shape index (κ1) is 21.6. The summed E-state index contributed by atoms with van der Waals surface area (Å²) in [6.07, 6.45) is 0. The number of nitrogens with zero attached hydrogens (tertiary/aromatic N) is 2. The topological polar surface area (TPSA) is 63.5 Å². The maximum absolute atomic E-state index is 13.3. The van der Waals surface area contributed by atoms with Gasteiger partial charge in [-0.2, -0.15) is 0 Å². The van der Waals surface area contributed by atoms with Crippen LogP contribution in [0.4, 0.5) is 10.5 Å². The SMILES string of the molecule is COc1ccc([C@H]2SC[C@@H]3C(=O)N(c4ccc(Cl)cc4)C(=O)N32)cc1C[NH+]1CCOCC1. The Bertz CT molecular complexity index is 1030. The van der Waals surface area contributed by atoms with Crippen LogP contribution in [0.1, 0.15) is 16.5 Å². The van der Waals surface area contributed by atoms with Gasteiger partial charge in [-0.3, -0.25) is 9.69 Å². The van der Waals surface area contributed by atoms with Gasteiger partial charge in [0.05, 0.1) is 26.0 Å². The lowest BCUT2D eigenvalue weighted by Gasteiger charge is -2.26. The highest BCUT2D eigenvalue weighted by Crippen LogP contribution is 2.46. The number of carbonyl (C=O) groups excluding carboxylic acids is 2. The van der Waals surface area contributed by atoms with Crippen LogP contribution < -0.4 is 14.5 Å². The van der Waals surface area contributed by atoms with E-state index in [1.165, 1.54) is 9.80 Å². The average molecular weight is 475 g/mol. The fourth-order valence-electron chi connectivity index (χ4n) is 4.57. The van der Waals surface area contributed by atoms with Gasteiger partial charge < -0.3 is 14.4 Å². The van der Waals surface area contributed by atoms with E-state index in [2.05, 4.69) is 6.07 Å². The van der Waals surface area contributed by atoms with Gasteiger partial charge in [0.15, 0.2) is 0 Å². The molecular weight excluding hydrogens is 450 g/mol. The molecule has 1 N–H and O–H groups in total. The maximum atomic E-state index is 13.3. The third-order valence-corrected chi connectivity index (χ3v) is 7.81. The lowest BCUT2D eigenvalue weighted by Crippen LogP contribution is -3.12. The molecule has 3 amide bonds. The minimum absolute atomic E-state index is 0.182. The summed E-state index contributed by atoms with van der Waals surface area (Å²) in [4.78, 5) is 30.8. The molecule has 0 radical (unpaired) electrons. The van der Waals surface area contributed by atoms with E-state index in [0.717, 1.165) is 49.7 Å². The van der Waals surface area contributed by atoms with Gasteiger partial charge in [0.1, 0.15) is 36.8 Å². The summed E-state index contributed by atoms with van der Waals surface area (Å²) in [5, 5.41) is 0.355. The van der Waals surface area contributed by atoms with Crippen LogP contribution in [-0.4, -0.2) is 62.0 Å². The highest BCUT2D eigenvalue weighted by molar-refractivity contribution is 7.99. The van der Waals surface area contributed by atoms with Crippen molar-refractivity contribution in [3.8, 4) is 5.75 Å². The fraction of sp³-hybridized carbons (Fsp3) is 0.391. The molecule has 5 rings (SSSR count). The number of methoxy groups -OCH3 is 1. The molecule has 0 aliphatic carbocycles. The quantitative estimate of drug-likeness (QED) is 0.674. The van der Waals surface area contributed by atoms with Crippen LogP contribution in [0.5, 0.6) is 5.75 Å². The Morgan fingerprint density at radius 1 is 1.16 bits per heavy atom. The molecule has 2 aromatic rings. The predicted molar refractivity (Wildman–Crippen MR) is 123 cm³/mol. The molecule has 3 fully saturated rings. The molecule has 3 aliphatic heterocycles. The van der Waals surface area contributed by atoms with E-state index in [1.54, 1.807) is 48.0 Å². The van der Waals surface area contributed by atoms with Crippen LogP contribution in [-0.2, 0) is 16.1 Å². The number of anilines is 1. The number of fused-ring (bicyclic) bond motifs is 1. The second-order valence-electron chi connectivity index (χ2n) is 8.15. The standard InChI is InChI=1S/C23H24ClN3O4S/c1-30-20-7-2-15(12-16(20)13-25-8-10-31-11-9-25)22-27-19(14-32-22)21(28)26(23(27)29)18-5-3-17(24)4-6-18/h2-7,12,19,22H,8-11,13-14H2,1H3/p+1/t19-,22-/m1/s1. The third-order valence-electron chi connectivity index (χ3n) is 6.23. The van der Waals surface area contributed by atoms with E-state index >= 15 is 0 Å². The number of ether oxygens (including phenoxy) is 2. The molecule has 32 heavy (non-hydrogen) atoms. The summed E-state index contributed by atoms with van der Waals surface area (Å²) in [6.45, 7) is 4.29. The predicted octanol–water partition coefficient (Wildman–Crippen LogP) is 2.35. The number of amides is 3. The number of quaternary nitrogens is 1. The smallest absolute Gasteiger partial charge is 0.333 e. The summed E-state index contributed by atoms with van der Waals surface area (Å²) in [6, 6.07) is 12.2. The van der Waals surface area contributed by atoms with E-state index in [9.17, 15) is 9.59 Å². The Hall–Kier alpha value is -2.26. The van der Waals surface area contributed by atoms with Crippen molar-refractivity contribution < 1.29 is 24.0 Å². The minimum atomic E-state index is -0.455. The number of imide groups is 1. The number of rotatable bonds is 5. The lowest BCUT2D eigenvalue weighted by molar-refractivity contribution is -0.921. The number of halogens is 1. The highest BCUT2D eigenvalue weighted by Gasteiger charge is 2.53. The fourth-order valence-corrected chi connectivity index (χ4v) is 6.10. The van der Waals surface area contributed by atoms with E-state index in [4.69, 9.17) is 21.1 Å². The molecule has 7 nitrogen and oxygen atoms in total. The van der Waals surface area contributed by atoms with Crippen LogP contribution >= 0.6 is 23.4 Å². The summed E-state index contributed by atoms with van der Waals surface area (Å²) in [5.74, 6) is 1.24. The Morgan fingerprint density at radius 2 is 1.91 bits per heavy atom. The van der Waals surface area contributed by atoms with Crippen molar-refractivity contribution in [2.75, 3.05) is 44.1 Å². The Labute approximate surface area is 196 Å². The number of carbonyl (C=O) groups is 2. The molecule has 3 heterocycles. The van der Waals surface area contributed by atoms with E-state index in [0.29, 0.717) is 16.5 Å². The molecule has 9 heteroatoms. The van der Waals surface area contributed by atoms with Gasteiger partial charge in [0.25, 0.3) is 5.91 Å². The van der Waals surface area contributed by atoms with E-state index in [1.807, 2.05) is 12.1 Å². The molecule has 0 aromatic heterocycles. The van der Waals surface area contributed by atoms with Crippen molar-refractivity contribution in [1.82, 2.24) is 4.90 Å². The summed E-state index contributed by atoms with van der Waals surface area (Å²) < 4.78 is 11.1. The molecule has 0 bridgehead atoms. The normalized spacial score (nSPS) is 23.7. The van der Waals surface area contributed by atoms with Crippen molar-refractivity contribution in [3.63, 3.8) is 0 Å². The van der Waals surface area contributed by atoms with Crippen molar-refractivity contribution in [2.24, 2.45) is 0 Å². The Balaban J connectivity index is 1.42. The van der Waals surface area contributed by atoms with E-state index < -0.39 is 6.04 Å². The van der Waals surface area contributed by atoms with Crippen molar-refractivity contribution in [3.05, 3.63) is 58.6 Å². The Morgan fingerprint density at radius 3 is 2.62 bits per heavy atom. The number of thioether (sulfide) groups is 1. The largest absolute Gasteiger partial charge is 0.496 e. The first-order valence-corrected chi connectivity index (χ1v) is 12.1. The number of nitrogens with one attached hydrogen (secondary N) is 1. The minimum Gasteiger partial charge on any atom is -0.496 e. The molecule has 168 valence electrons. The Kier molecular flexibility index (Phi) is 6.03. The van der Waals surface area contributed by atoms with Crippen LogP contribution in [0.3, 0.4) is 0 Å². The summed E-state index contributed by atoms with van der Waals surface area (Å²) in [5.41, 5.74) is 2.67. The zero-order valence-corrected chi connectivity index (χ0v) is 19.3. The van der Waals surface area contributed by atoms with Gasteiger partial charge in [0, 0.05) is 16.3 Å². The second kappa shape index (κ2) is 8.94. The maximum Gasteiger partial charge on any atom is 0.333 e. The zero-order valence-electron chi connectivity index (χ0n) is 17.8. The molecule has 3 saturated heterocycles. The highest BCUT2D eigenvalue weighted by atomic mass is 35.5. The van der Waals surface area contributed by atoms with Crippen LogP contribution in [0.25, 0.3) is 0 Å². The number of benzene rings is 2. The van der Waals surface area contributed by atoms with Gasteiger partial charge in [-0.1, -0.05) is 17.7 Å². The molecule has 0 spiro atoms. The molecule has 0 unspecified atom stereocenters. The summed E-state index contributed by atoms with van der Waals surface area (Å²) >= 11 is 7.61. The van der Waals surface area contributed by atoms with Crippen LogP contribution in [0, 0.1) is 0 Å². The number of hydrogen-bond acceptors (Lipinski definition) is 5. The third kappa shape index (κ3) is 3.85. The van der Waals surface area contributed by atoms with Crippen molar-refractivity contribution in [1.29, 1.82) is 0 Å². The van der Waals surface area contributed by atoms with Crippen LogP contribution in [0.2, 0.25) is 5.02 Å². The lowest BCUT2D eigenvalue weighted by atomic mass is 10.1. The summed E-state index contributed by atoms with van der Waals surface area (Å²) in [7, 11) is 1.68. The van der Waals surface area contributed by atoms with Crippen LogP contribution in [0.15, 0.2) is 42.5 Å². The zero-order chi connectivity index (χ0) is 22.2. The number of morpholine rings is 1. The monoisotopic (exact) mass is 474 g/mol.